The van der Waals surface area contributed by atoms with Gasteiger partial charge in [0.2, 0.25) is 0 Å². The molecule has 1 aliphatic carbocycles. The Labute approximate surface area is 125 Å². The minimum atomic E-state index is 0.822. The lowest BCUT2D eigenvalue weighted by Crippen LogP contribution is -2.50. The lowest BCUT2D eigenvalue weighted by atomic mass is 9.98. The molecule has 0 radical (unpaired) electrons. The first-order valence-electron chi connectivity index (χ1n) is 9.06. The summed E-state index contributed by atoms with van der Waals surface area (Å²) in [5.41, 5.74) is 0. The molecule has 3 nitrogen and oxygen atoms in total. The van der Waals surface area contributed by atoms with Crippen LogP contribution in [0.5, 0.6) is 0 Å². The number of fused-ring (bicyclic) bond motifs is 1. The van der Waals surface area contributed by atoms with Crippen LogP contribution in [0.4, 0.5) is 0 Å². The van der Waals surface area contributed by atoms with E-state index >= 15 is 0 Å². The van der Waals surface area contributed by atoms with E-state index in [-0.39, 0.29) is 0 Å². The summed E-state index contributed by atoms with van der Waals surface area (Å²) in [6.07, 6.45) is 9.90. The fourth-order valence-electron chi connectivity index (χ4n) is 4.59. The van der Waals surface area contributed by atoms with Gasteiger partial charge in [0, 0.05) is 31.7 Å². The van der Waals surface area contributed by atoms with Crippen molar-refractivity contribution in [1.29, 1.82) is 0 Å². The third-order valence-electron chi connectivity index (χ3n) is 5.80. The first kappa shape index (κ1) is 14.8. The molecule has 0 aromatic carbocycles. The highest BCUT2D eigenvalue weighted by molar-refractivity contribution is 4.88. The van der Waals surface area contributed by atoms with E-state index in [1.54, 1.807) is 0 Å². The summed E-state index contributed by atoms with van der Waals surface area (Å²) in [5.74, 6) is 0.947. The number of nitrogens with zero attached hydrogens (tertiary/aromatic N) is 2. The number of nitrogens with one attached hydrogen (secondary N) is 1. The molecule has 1 saturated carbocycles. The Kier molecular flexibility index (Phi) is 5.36. The van der Waals surface area contributed by atoms with E-state index in [2.05, 4.69) is 22.0 Å². The molecule has 0 spiro atoms. The maximum Gasteiger partial charge on any atom is 0.0224 e. The van der Waals surface area contributed by atoms with Gasteiger partial charge in [0.1, 0.15) is 0 Å². The first-order chi connectivity index (χ1) is 9.86. The Balaban J connectivity index is 1.40. The maximum absolute atomic E-state index is 3.78. The van der Waals surface area contributed by atoms with Crippen molar-refractivity contribution in [2.75, 3.05) is 39.3 Å². The Morgan fingerprint density at radius 2 is 2.00 bits per heavy atom. The summed E-state index contributed by atoms with van der Waals surface area (Å²) >= 11 is 0. The standard InChI is InChI=1S/C17H33N3/c1-2-9-18-17-7-3-5-15(17)8-11-19-12-13-20-10-4-6-16(20)14-19/h15-18H,2-14H2,1H3. The van der Waals surface area contributed by atoms with Gasteiger partial charge in [0.05, 0.1) is 0 Å². The highest BCUT2D eigenvalue weighted by Crippen LogP contribution is 2.29. The molecule has 116 valence electrons. The van der Waals surface area contributed by atoms with Crippen molar-refractivity contribution in [3.63, 3.8) is 0 Å². The molecule has 2 heterocycles. The van der Waals surface area contributed by atoms with Gasteiger partial charge in [-0.05, 0) is 64.1 Å². The predicted octanol–water partition coefficient (Wildman–Crippen LogP) is 2.32. The van der Waals surface area contributed by atoms with Gasteiger partial charge in [-0.1, -0.05) is 13.3 Å². The molecule has 3 atom stereocenters. The van der Waals surface area contributed by atoms with E-state index in [1.807, 2.05) is 0 Å². The molecule has 0 bridgehead atoms. The van der Waals surface area contributed by atoms with Crippen LogP contribution in [0.15, 0.2) is 0 Å². The summed E-state index contributed by atoms with van der Waals surface area (Å²) in [4.78, 5) is 5.47. The number of hydrogen-bond donors (Lipinski definition) is 1. The fraction of sp³-hybridized carbons (Fsp3) is 1.00. The highest BCUT2D eigenvalue weighted by Gasteiger charge is 2.31. The zero-order valence-electron chi connectivity index (χ0n) is 13.3. The summed E-state index contributed by atoms with van der Waals surface area (Å²) in [7, 11) is 0. The van der Waals surface area contributed by atoms with Crippen LogP contribution in [0, 0.1) is 5.92 Å². The van der Waals surface area contributed by atoms with Crippen LogP contribution in [0.1, 0.15) is 51.9 Å². The lowest BCUT2D eigenvalue weighted by molar-refractivity contribution is 0.0985. The molecule has 3 heteroatoms. The van der Waals surface area contributed by atoms with Crippen LogP contribution < -0.4 is 5.32 Å². The van der Waals surface area contributed by atoms with Gasteiger partial charge in [-0.25, -0.2) is 0 Å². The fourth-order valence-corrected chi connectivity index (χ4v) is 4.59. The van der Waals surface area contributed by atoms with Crippen LogP contribution in [0.2, 0.25) is 0 Å². The molecule has 3 rings (SSSR count). The molecule has 0 aromatic heterocycles. The molecule has 0 amide bonds. The summed E-state index contributed by atoms with van der Waals surface area (Å²) in [6, 6.07) is 1.71. The summed E-state index contributed by atoms with van der Waals surface area (Å²) in [6.45, 7) is 10.2. The Morgan fingerprint density at radius 3 is 2.90 bits per heavy atom. The number of piperazine rings is 1. The quantitative estimate of drug-likeness (QED) is 0.805. The zero-order chi connectivity index (χ0) is 13.8. The third kappa shape index (κ3) is 3.55. The normalized spacial score (nSPS) is 35.5. The van der Waals surface area contributed by atoms with Gasteiger partial charge in [0.15, 0.2) is 0 Å². The van der Waals surface area contributed by atoms with Crippen molar-refractivity contribution < 1.29 is 0 Å². The van der Waals surface area contributed by atoms with Gasteiger partial charge in [-0.2, -0.15) is 0 Å². The minimum Gasteiger partial charge on any atom is -0.314 e. The summed E-state index contributed by atoms with van der Waals surface area (Å²) in [5, 5.41) is 3.78. The van der Waals surface area contributed by atoms with E-state index < -0.39 is 0 Å². The first-order valence-corrected chi connectivity index (χ1v) is 9.06. The van der Waals surface area contributed by atoms with Gasteiger partial charge in [-0.15, -0.1) is 0 Å². The minimum absolute atomic E-state index is 0.822. The number of hydrogen-bond acceptors (Lipinski definition) is 3. The monoisotopic (exact) mass is 279 g/mol. The molecular formula is C17H33N3. The lowest BCUT2D eigenvalue weighted by Gasteiger charge is -2.38. The van der Waals surface area contributed by atoms with Crippen molar-refractivity contribution in [3.8, 4) is 0 Å². The molecular weight excluding hydrogens is 246 g/mol. The van der Waals surface area contributed by atoms with Gasteiger partial charge >= 0.3 is 0 Å². The van der Waals surface area contributed by atoms with Crippen molar-refractivity contribution in [1.82, 2.24) is 15.1 Å². The highest BCUT2D eigenvalue weighted by atomic mass is 15.3. The molecule has 0 aromatic rings. The zero-order valence-corrected chi connectivity index (χ0v) is 13.3. The average Bonchev–Trinajstić information content (AvgIpc) is 3.11. The van der Waals surface area contributed by atoms with Crippen LogP contribution >= 0.6 is 0 Å². The predicted molar refractivity (Wildman–Crippen MR) is 85.1 cm³/mol. The van der Waals surface area contributed by atoms with Crippen molar-refractivity contribution in [3.05, 3.63) is 0 Å². The molecule has 20 heavy (non-hydrogen) atoms. The van der Waals surface area contributed by atoms with Crippen LogP contribution in [0.25, 0.3) is 0 Å². The topological polar surface area (TPSA) is 18.5 Å². The summed E-state index contributed by atoms with van der Waals surface area (Å²) < 4.78 is 0. The van der Waals surface area contributed by atoms with Crippen molar-refractivity contribution in [2.45, 2.75) is 64.0 Å². The largest absolute Gasteiger partial charge is 0.314 e. The molecule has 3 fully saturated rings. The second-order valence-electron chi connectivity index (χ2n) is 7.17. The third-order valence-corrected chi connectivity index (χ3v) is 5.80. The Hall–Kier alpha value is -0.120. The van der Waals surface area contributed by atoms with Crippen molar-refractivity contribution >= 4 is 0 Å². The van der Waals surface area contributed by atoms with E-state index in [9.17, 15) is 0 Å². The van der Waals surface area contributed by atoms with E-state index in [0.717, 1.165) is 18.0 Å². The second kappa shape index (κ2) is 7.24. The van der Waals surface area contributed by atoms with Crippen LogP contribution in [0.3, 0.4) is 0 Å². The van der Waals surface area contributed by atoms with Crippen LogP contribution in [-0.2, 0) is 0 Å². The molecule has 2 saturated heterocycles. The van der Waals surface area contributed by atoms with Gasteiger partial charge in [-0.3, -0.25) is 4.90 Å². The van der Waals surface area contributed by atoms with Gasteiger partial charge < -0.3 is 10.2 Å². The molecule has 3 aliphatic rings. The van der Waals surface area contributed by atoms with E-state index in [0.29, 0.717) is 0 Å². The second-order valence-corrected chi connectivity index (χ2v) is 7.17. The Bertz CT molecular complexity index is 294. The van der Waals surface area contributed by atoms with Crippen LogP contribution in [-0.4, -0.2) is 61.2 Å². The average molecular weight is 279 g/mol. The smallest absolute Gasteiger partial charge is 0.0224 e. The molecule has 1 N–H and O–H groups in total. The van der Waals surface area contributed by atoms with E-state index in [4.69, 9.17) is 0 Å². The SMILES string of the molecule is CCCNC1CCCC1CCN1CCN2CCCC2C1. The van der Waals surface area contributed by atoms with Crippen molar-refractivity contribution in [2.24, 2.45) is 5.92 Å². The number of rotatable bonds is 6. The van der Waals surface area contributed by atoms with Gasteiger partial charge in [0.25, 0.3) is 0 Å². The van der Waals surface area contributed by atoms with E-state index in [1.165, 1.54) is 84.2 Å². The maximum atomic E-state index is 3.78. The Morgan fingerprint density at radius 1 is 1.05 bits per heavy atom. The molecule has 3 unspecified atom stereocenters. The molecule has 2 aliphatic heterocycles.